The molecule has 13 nitrogen and oxygen atoms in total. The van der Waals surface area contributed by atoms with Crippen LogP contribution in [0.15, 0.2) is 0 Å². The Hall–Kier alpha value is -0.460. The molecule has 0 aliphatic carbocycles. The van der Waals surface area contributed by atoms with Gasteiger partial charge in [-0.25, -0.2) is 8.37 Å². The van der Waals surface area contributed by atoms with E-state index in [9.17, 15) is 42.4 Å². The van der Waals surface area contributed by atoms with Gasteiger partial charge in [0.2, 0.25) is 12.1 Å². The van der Waals surface area contributed by atoms with E-state index in [1.807, 2.05) is 0 Å². The van der Waals surface area contributed by atoms with Gasteiger partial charge in [0, 0.05) is 0 Å². The summed E-state index contributed by atoms with van der Waals surface area (Å²) in [5, 5.41) is 47.8. The highest BCUT2D eigenvalue weighted by Crippen LogP contribution is 2.35. The maximum atomic E-state index is 11.3. The van der Waals surface area contributed by atoms with Crippen LogP contribution in [0.5, 0.6) is 0 Å². The van der Waals surface area contributed by atoms with Gasteiger partial charge in [-0.05, 0) is 0 Å². The van der Waals surface area contributed by atoms with Crippen molar-refractivity contribution in [1.29, 1.82) is 0 Å². The summed E-state index contributed by atoms with van der Waals surface area (Å²) in [5.74, 6) is -3.47. The van der Waals surface area contributed by atoms with Crippen LogP contribution in [-0.2, 0) is 37.5 Å². The highest BCUT2D eigenvalue weighted by molar-refractivity contribution is 7.95. The Labute approximate surface area is 117 Å². The molecule has 2 heterocycles. The summed E-state index contributed by atoms with van der Waals surface area (Å²) in [5.41, 5.74) is 0. The zero-order valence-corrected chi connectivity index (χ0v) is 11.3. The van der Waals surface area contributed by atoms with Crippen molar-refractivity contribution >= 4 is 20.8 Å². The van der Waals surface area contributed by atoms with Crippen LogP contribution in [0.25, 0.3) is 0 Å². The lowest BCUT2D eigenvalue weighted by Gasteiger charge is -2.44. The quantitative estimate of drug-likeness (QED) is 0.276. The lowest BCUT2D eigenvalue weighted by Crippen LogP contribution is -2.69. The Morgan fingerprint density at radius 2 is 1.43 bits per heavy atom. The van der Waals surface area contributed by atoms with Gasteiger partial charge in [0.25, 0.3) is 0 Å². The van der Waals surface area contributed by atoms with Crippen molar-refractivity contribution < 1.29 is 59.1 Å². The summed E-state index contributed by atoms with van der Waals surface area (Å²) < 4.78 is 60.5. The Bertz CT molecular complexity index is 611. The smallest absolute Gasteiger partial charge is 0.384 e. The normalized spacial score (nSPS) is 49.7. The first-order valence-electron chi connectivity index (χ1n) is 5.08. The molecule has 0 aromatic carbocycles. The fraction of sp³-hybridized carbons (Fsp3) is 1.00. The van der Waals surface area contributed by atoms with Crippen molar-refractivity contribution in [2.45, 2.75) is 36.7 Å². The Kier molecular flexibility index (Phi) is 4.05. The summed E-state index contributed by atoms with van der Waals surface area (Å²) in [6.07, 6.45) is -12.2. The number of hydrogen-bond donors (Lipinski definition) is 5. The van der Waals surface area contributed by atoms with Crippen LogP contribution in [0.4, 0.5) is 0 Å². The molecule has 0 amide bonds. The monoisotopic (exact) mass is 354 g/mol. The van der Waals surface area contributed by atoms with E-state index in [-0.39, 0.29) is 0 Å². The molecule has 5 N–H and O–H groups in total. The van der Waals surface area contributed by atoms with Gasteiger partial charge in [-0.15, -0.1) is 3.63 Å². The predicted octanol–water partition coefficient (Wildman–Crippen LogP) is -5.01. The third kappa shape index (κ3) is 3.03. The van der Waals surface area contributed by atoms with Crippen molar-refractivity contribution in [3.05, 3.63) is 0 Å². The van der Waals surface area contributed by atoms with Crippen LogP contribution in [0.3, 0.4) is 0 Å². The summed E-state index contributed by atoms with van der Waals surface area (Å²) in [6, 6.07) is 0. The summed E-state index contributed by atoms with van der Waals surface area (Å²) >= 11 is 0. The van der Waals surface area contributed by atoms with E-state index < -0.39 is 57.5 Å². The van der Waals surface area contributed by atoms with Gasteiger partial charge in [-0.1, -0.05) is 0 Å². The van der Waals surface area contributed by atoms with Gasteiger partial charge in [-0.2, -0.15) is 16.8 Å². The molecule has 2 aliphatic rings. The van der Waals surface area contributed by atoms with Crippen LogP contribution in [0, 0.1) is 0 Å². The first-order valence-corrected chi connectivity index (χ1v) is 7.74. The first kappa shape index (κ1) is 16.9. The van der Waals surface area contributed by atoms with Crippen LogP contribution in [-0.4, -0.2) is 79.0 Å². The SMILES string of the molecule is O=S1(=O)OC(O)[C@H]2O[C@H](O)[C@H](O)[C@](O)(OS(=O)(=O)O1)[C@H]2O. The topological polar surface area (TPSA) is 206 Å². The van der Waals surface area contributed by atoms with E-state index in [4.69, 9.17) is 0 Å². The third-order valence-corrected chi connectivity index (χ3v) is 4.86. The maximum absolute atomic E-state index is 11.3. The molecule has 124 valence electrons. The molecular formula is C6H10O13S2. The van der Waals surface area contributed by atoms with E-state index >= 15 is 0 Å². The van der Waals surface area contributed by atoms with E-state index in [1.165, 1.54) is 0 Å². The number of fused-ring (bicyclic) bond motifs is 2. The Balaban J connectivity index is 2.57. The van der Waals surface area contributed by atoms with Crippen LogP contribution in [0.1, 0.15) is 0 Å². The fourth-order valence-electron chi connectivity index (χ4n) is 1.72. The van der Waals surface area contributed by atoms with Gasteiger partial charge < -0.3 is 30.3 Å². The molecule has 1 unspecified atom stereocenters. The molecule has 15 heteroatoms. The molecule has 2 aliphatic heterocycles. The summed E-state index contributed by atoms with van der Waals surface area (Å²) in [4.78, 5) is 0. The average molecular weight is 354 g/mol. The second kappa shape index (κ2) is 5.03. The molecule has 0 aromatic heterocycles. The molecule has 2 saturated heterocycles. The molecule has 0 spiro atoms. The molecular weight excluding hydrogens is 344 g/mol. The molecule has 6 atom stereocenters. The van der Waals surface area contributed by atoms with Gasteiger partial charge >= 0.3 is 20.8 Å². The zero-order chi connectivity index (χ0) is 16.2. The number of rotatable bonds is 0. The van der Waals surface area contributed by atoms with Crippen molar-refractivity contribution in [3.63, 3.8) is 0 Å². The minimum atomic E-state index is -5.56. The first-order chi connectivity index (χ1) is 9.38. The predicted molar refractivity (Wildman–Crippen MR) is 54.9 cm³/mol. The van der Waals surface area contributed by atoms with Crippen LogP contribution < -0.4 is 0 Å². The molecule has 21 heavy (non-hydrogen) atoms. The van der Waals surface area contributed by atoms with Gasteiger partial charge in [0.1, 0.15) is 12.2 Å². The van der Waals surface area contributed by atoms with Gasteiger partial charge in [0.05, 0.1) is 0 Å². The highest BCUT2D eigenvalue weighted by Gasteiger charge is 2.62. The van der Waals surface area contributed by atoms with Crippen LogP contribution in [0.2, 0.25) is 0 Å². The number of aliphatic hydroxyl groups is 5. The molecule has 2 fully saturated rings. The lowest BCUT2D eigenvalue weighted by atomic mass is 9.94. The fourth-order valence-corrected chi connectivity index (χ4v) is 3.65. The van der Waals surface area contributed by atoms with Crippen molar-refractivity contribution in [2.24, 2.45) is 0 Å². The highest BCUT2D eigenvalue weighted by atomic mass is 32.3. The standard InChI is InChI=1S/C6H10O13S2/c7-2-1-4(9)17-20(12,13)19-21(14,15)18-6(2,11)3(8)5(10)16-1/h1-5,7-11H/t1-,2-,3-,4?,5-,6+/m0/s1. The van der Waals surface area contributed by atoms with Gasteiger partial charge in [-0.3, -0.25) is 0 Å². The molecule has 2 bridgehead atoms. The molecule has 0 radical (unpaired) electrons. The van der Waals surface area contributed by atoms with E-state index in [0.717, 1.165) is 0 Å². The number of ether oxygens (including phenoxy) is 1. The molecule has 0 aromatic rings. The van der Waals surface area contributed by atoms with Crippen molar-refractivity contribution in [2.75, 3.05) is 0 Å². The van der Waals surface area contributed by atoms with Crippen molar-refractivity contribution in [3.8, 4) is 0 Å². The molecule has 2 rings (SSSR count). The Morgan fingerprint density at radius 3 is 2.00 bits per heavy atom. The van der Waals surface area contributed by atoms with Gasteiger partial charge in [0.15, 0.2) is 12.4 Å². The molecule has 0 saturated carbocycles. The second-order valence-electron chi connectivity index (χ2n) is 4.09. The third-order valence-electron chi connectivity index (χ3n) is 2.63. The summed E-state index contributed by atoms with van der Waals surface area (Å²) in [6.45, 7) is 0. The number of aliphatic hydroxyl groups excluding tert-OH is 4. The van der Waals surface area contributed by atoms with Crippen molar-refractivity contribution in [1.82, 2.24) is 0 Å². The van der Waals surface area contributed by atoms with E-state index in [1.54, 1.807) is 0 Å². The minimum absolute atomic E-state index is 2.19. The number of hydrogen-bond acceptors (Lipinski definition) is 13. The maximum Gasteiger partial charge on any atom is 0.419 e. The van der Waals surface area contributed by atoms with E-state index in [2.05, 4.69) is 16.7 Å². The lowest BCUT2D eigenvalue weighted by molar-refractivity contribution is -0.385. The average Bonchev–Trinajstić information content (AvgIpc) is 2.28. The second-order valence-corrected chi connectivity index (χ2v) is 6.62. The zero-order valence-electron chi connectivity index (χ0n) is 9.71. The Morgan fingerprint density at radius 1 is 0.857 bits per heavy atom. The largest absolute Gasteiger partial charge is 0.419 e. The minimum Gasteiger partial charge on any atom is -0.384 e. The van der Waals surface area contributed by atoms with Crippen LogP contribution >= 0.6 is 0 Å². The summed E-state index contributed by atoms with van der Waals surface area (Å²) in [7, 11) is -10.9. The van der Waals surface area contributed by atoms with E-state index in [0.29, 0.717) is 0 Å².